The molecule has 0 amide bonds. The van der Waals surface area contributed by atoms with Gasteiger partial charge in [-0.2, -0.15) is 18.3 Å². The summed E-state index contributed by atoms with van der Waals surface area (Å²) in [6.07, 6.45) is -2.77. The molecule has 3 nitrogen and oxygen atoms in total. The van der Waals surface area contributed by atoms with Crippen molar-refractivity contribution < 1.29 is 13.2 Å². The van der Waals surface area contributed by atoms with Gasteiger partial charge >= 0.3 is 6.18 Å². The molecule has 20 heavy (non-hydrogen) atoms. The zero-order valence-electron chi connectivity index (χ0n) is 10.7. The third kappa shape index (κ3) is 2.96. The van der Waals surface area contributed by atoms with E-state index >= 15 is 0 Å². The Morgan fingerprint density at radius 2 is 2.05 bits per heavy atom. The summed E-state index contributed by atoms with van der Waals surface area (Å²) < 4.78 is 40.5. The molecule has 0 aliphatic heterocycles. The van der Waals surface area contributed by atoms with E-state index < -0.39 is 11.7 Å². The lowest BCUT2D eigenvalue weighted by Gasteiger charge is -2.14. The molecule has 0 aliphatic rings. The maximum absolute atomic E-state index is 13.1. The van der Waals surface area contributed by atoms with Crippen LogP contribution < -0.4 is 5.73 Å². The fraction of sp³-hybridized carbons (Fsp3) is 0.308. The fourth-order valence-corrected chi connectivity index (χ4v) is 2.05. The van der Waals surface area contributed by atoms with E-state index in [2.05, 4.69) is 5.10 Å². The predicted octanol–water partition coefficient (Wildman–Crippen LogP) is 3.35. The van der Waals surface area contributed by atoms with Crippen LogP contribution in [0.4, 0.5) is 13.2 Å². The summed E-state index contributed by atoms with van der Waals surface area (Å²) in [7, 11) is 0. The number of rotatable bonds is 3. The summed E-state index contributed by atoms with van der Waals surface area (Å²) in [6.45, 7) is 1.85. The second kappa shape index (κ2) is 5.46. The van der Waals surface area contributed by atoms with Crippen molar-refractivity contribution in [3.05, 3.63) is 46.2 Å². The van der Waals surface area contributed by atoms with E-state index in [-0.39, 0.29) is 18.5 Å². The molecule has 0 saturated carbocycles. The minimum atomic E-state index is -4.42. The summed E-state index contributed by atoms with van der Waals surface area (Å²) in [5.41, 5.74) is 5.71. The number of benzene rings is 1. The van der Waals surface area contributed by atoms with Crippen molar-refractivity contribution in [3.8, 4) is 5.69 Å². The summed E-state index contributed by atoms with van der Waals surface area (Å²) in [5, 5.41) is 4.48. The largest absolute Gasteiger partial charge is 0.416 e. The zero-order valence-corrected chi connectivity index (χ0v) is 11.5. The van der Waals surface area contributed by atoms with Crippen LogP contribution in [-0.2, 0) is 12.6 Å². The number of nitrogens with zero attached hydrogens (tertiary/aromatic N) is 2. The highest BCUT2D eigenvalue weighted by atomic mass is 35.5. The maximum Gasteiger partial charge on any atom is 0.416 e. The number of aromatic nitrogens is 2. The summed E-state index contributed by atoms with van der Waals surface area (Å²) in [5.74, 6) is 0. The van der Waals surface area contributed by atoms with Crippen molar-refractivity contribution in [1.82, 2.24) is 9.78 Å². The molecule has 108 valence electrons. The first-order valence-electron chi connectivity index (χ1n) is 5.95. The first-order valence-corrected chi connectivity index (χ1v) is 6.33. The Balaban J connectivity index is 2.51. The van der Waals surface area contributed by atoms with Gasteiger partial charge in [-0.3, -0.25) is 0 Å². The molecule has 0 bridgehead atoms. The Bertz CT molecular complexity index is 600. The molecule has 0 saturated heterocycles. The molecule has 0 aliphatic carbocycles. The molecule has 0 unspecified atom stereocenters. The van der Waals surface area contributed by atoms with Crippen molar-refractivity contribution in [2.75, 3.05) is 6.54 Å². The molecular weight excluding hydrogens is 291 g/mol. The highest BCUT2D eigenvalue weighted by molar-refractivity contribution is 6.31. The van der Waals surface area contributed by atoms with Crippen molar-refractivity contribution in [2.24, 2.45) is 5.73 Å². The topological polar surface area (TPSA) is 43.8 Å². The van der Waals surface area contributed by atoms with E-state index in [9.17, 15) is 13.2 Å². The molecule has 2 N–H and O–H groups in total. The molecular formula is C13H13ClF3N3. The van der Waals surface area contributed by atoms with E-state index in [1.165, 1.54) is 16.9 Å². The number of halogens is 4. The Morgan fingerprint density at radius 1 is 1.35 bits per heavy atom. The number of aryl methyl sites for hydroxylation is 1. The van der Waals surface area contributed by atoms with Gasteiger partial charge in [0.1, 0.15) is 0 Å². The van der Waals surface area contributed by atoms with E-state index in [0.717, 1.165) is 6.07 Å². The normalized spacial score (nSPS) is 11.9. The number of hydrogen-bond acceptors (Lipinski definition) is 2. The number of alkyl halides is 3. The van der Waals surface area contributed by atoms with Gasteiger partial charge in [0.05, 0.1) is 22.0 Å². The highest BCUT2D eigenvalue weighted by Crippen LogP contribution is 2.33. The van der Waals surface area contributed by atoms with Crippen molar-refractivity contribution >= 4 is 11.6 Å². The van der Waals surface area contributed by atoms with Crippen LogP contribution in [0.25, 0.3) is 5.69 Å². The van der Waals surface area contributed by atoms with Crippen LogP contribution in [0.2, 0.25) is 5.02 Å². The lowest BCUT2D eigenvalue weighted by Crippen LogP contribution is -2.13. The van der Waals surface area contributed by atoms with Gasteiger partial charge in [0.15, 0.2) is 0 Å². The van der Waals surface area contributed by atoms with Crippen LogP contribution >= 0.6 is 11.6 Å². The number of hydrogen-bond donors (Lipinski definition) is 1. The Kier molecular flexibility index (Phi) is 4.06. The molecule has 0 atom stereocenters. The molecule has 2 aromatic rings. The molecule has 0 fully saturated rings. The van der Waals surface area contributed by atoms with E-state index in [4.69, 9.17) is 17.3 Å². The second-order valence-electron chi connectivity index (χ2n) is 4.38. The van der Waals surface area contributed by atoms with Gasteiger partial charge in [-0.25, -0.2) is 4.68 Å². The van der Waals surface area contributed by atoms with Gasteiger partial charge in [0, 0.05) is 6.20 Å². The molecule has 7 heteroatoms. The van der Waals surface area contributed by atoms with E-state index in [1.807, 2.05) is 0 Å². The average Bonchev–Trinajstić information content (AvgIpc) is 2.69. The van der Waals surface area contributed by atoms with Gasteiger partial charge in [0.25, 0.3) is 0 Å². The average molecular weight is 304 g/mol. The molecule has 1 aromatic carbocycles. The quantitative estimate of drug-likeness (QED) is 0.945. The first-order chi connectivity index (χ1) is 9.32. The van der Waals surface area contributed by atoms with Crippen LogP contribution in [0.3, 0.4) is 0 Å². The van der Waals surface area contributed by atoms with E-state index in [0.29, 0.717) is 16.4 Å². The highest BCUT2D eigenvalue weighted by Gasteiger charge is 2.33. The Morgan fingerprint density at radius 3 is 2.55 bits per heavy atom. The van der Waals surface area contributed by atoms with E-state index in [1.54, 1.807) is 13.0 Å². The van der Waals surface area contributed by atoms with Crippen LogP contribution in [0, 0.1) is 6.92 Å². The van der Waals surface area contributed by atoms with Gasteiger partial charge in [0.2, 0.25) is 0 Å². The van der Waals surface area contributed by atoms with Crippen LogP contribution in [0.15, 0.2) is 24.4 Å². The Labute approximate surface area is 119 Å². The van der Waals surface area contributed by atoms with Crippen molar-refractivity contribution in [1.29, 1.82) is 0 Å². The zero-order chi connectivity index (χ0) is 14.9. The lowest BCUT2D eigenvalue weighted by molar-refractivity contribution is -0.138. The fourth-order valence-electron chi connectivity index (χ4n) is 1.92. The SMILES string of the molecule is Cc1nn(-c2ccc(CCN)c(C(F)(F)F)c2)cc1Cl. The first kappa shape index (κ1) is 14.9. The molecule has 1 aromatic heterocycles. The third-order valence-electron chi connectivity index (χ3n) is 2.92. The molecule has 2 rings (SSSR count). The minimum Gasteiger partial charge on any atom is -0.330 e. The van der Waals surface area contributed by atoms with Gasteiger partial charge in [-0.15, -0.1) is 0 Å². The minimum absolute atomic E-state index is 0.162. The third-order valence-corrected chi connectivity index (χ3v) is 3.29. The molecule has 1 heterocycles. The smallest absolute Gasteiger partial charge is 0.330 e. The predicted molar refractivity (Wildman–Crippen MR) is 71.1 cm³/mol. The summed E-state index contributed by atoms with van der Waals surface area (Å²) in [4.78, 5) is 0. The van der Waals surface area contributed by atoms with Crippen LogP contribution in [0.1, 0.15) is 16.8 Å². The van der Waals surface area contributed by atoms with Crippen LogP contribution in [0.5, 0.6) is 0 Å². The maximum atomic E-state index is 13.1. The van der Waals surface area contributed by atoms with Crippen LogP contribution in [-0.4, -0.2) is 16.3 Å². The monoisotopic (exact) mass is 303 g/mol. The summed E-state index contributed by atoms with van der Waals surface area (Å²) >= 11 is 5.87. The second-order valence-corrected chi connectivity index (χ2v) is 4.79. The molecule has 0 radical (unpaired) electrons. The number of nitrogens with two attached hydrogens (primary N) is 1. The van der Waals surface area contributed by atoms with Crippen molar-refractivity contribution in [2.45, 2.75) is 19.5 Å². The standard InChI is InChI=1S/C13H13ClF3N3/c1-8-12(14)7-20(19-8)10-3-2-9(4-5-18)11(6-10)13(15,16)17/h2-3,6-7H,4-5,18H2,1H3. The van der Waals surface area contributed by atoms with Crippen molar-refractivity contribution in [3.63, 3.8) is 0 Å². The van der Waals surface area contributed by atoms with Gasteiger partial charge in [-0.1, -0.05) is 17.7 Å². The van der Waals surface area contributed by atoms with Gasteiger partial charge < -0.3 is 5.73 Å². The lowest BCUT2D eigenvalue weighted by atomic mass is 10.0. The summed E-state index contributed by atoms with van der Waals surface area (Å²) in [6, 6.07) is 4.06. The van der Waals surface area contributed by atoms with Gasteiger partial charge in [-0.05, 0) is 37.6 Å². The molecule has 0 spiro atoms. The Hall–Kier alpha value is -1.53.